The molecule has 5 heteroatoms. The summed E-state index contributed by atoms with van der Waals surface area (Å²) < 4.78 is 0. The molecule has 0 unspecified atom stereocenters. The molecule has 2 heterocycles. The van der Waals surface area contributed by atoms with Crippen molar-refractivity contribution in [3.8, 4) is 0 Å². The van der Waals surface area contributed by atoms with Gasteiger partial charge in [-0.3, -0.25) is 4.79 Å². The molecule has 3 aromatic rings. The maximum atomic E-state index is 12.6. The molecule has 4 nitrogen and oxygen atoms in total. The SMILES string of the molecule is CC(C)c1ccc2c(N)c(C(=O)N[C@H](C)c3ccccc3)sc2n1. The number of aromatic nitrogens is 1. The number of hydrogen-bond acceptors (Lipinski definition) is 4. The number of benzene rings is 1. The monoisotopic (exact) mass is 339 g/mol. The third-order valence-electron chi connectivity index (χ3n) is 4.06. The molecule has 2 aromatic heterocycles. The smallest absolute Gasteiger partial charge is 0.264 e. The van der Waals surface area contributed by atoms with Gasteiger partial charge in [-0.15, -0.1) is 11.3 Å². The van der Waals surface area contributed by atoms with Crippen LogP contribution < -0.4 is 11.1 Å². The first-order chi connectivity index (χ1) is 11.5. The summed E-state index contributed by atoms with van der Waals surface area (Å²) in [5, 5.41) is 3.86. The zero-order valence-corrected chi connectivity index (χ0v) is 14.9. The van der Waals surface area contributed by atoms with Crippen molar-refractivity contribution in [3.63, 3.8) is 0 Å². The van der Waals surface area contributed by atoms with Crippen LogP contribution in [0.5, 0.6) is 0 Å². The molecule has 0 bridgehead atoms. The van der Waals surface area contributed by atoms with Gasteiger partial charge in [0.25, 0.3) is 5.91 Å². The highest BCUT2D eigenvalue weighted by atomic mass is 32.1. The Bertz CT molecular complexity index is 871. The van der Waals surface area contributed by atoms with E-state index in [4.69, 9.17) is 5.73 Å². The van der Waals surface area contributed by atoms with E-state index in [9.17, 15) is 4.79 Å². The number of pyridine rings is 1. The normalized spacial score (nSPS) is 12.5. The lowest BCUT2D eigenvalue weighted by molar-refractivity contribution is 0.0945. The molecule has 1 aromatic carbocycles. The van der Waals surface area contributed by atoms with Crippen LogP contribution >= 0.6 is 11.3 Å². The number of carbonyl (C=O) groups excluding carboxylic acids is 1. The van der Waals surface area contributed by atoms with Crippen molar-refractivity contribution in [1.82, 2.24) is 10.3 Å². The number of rotatable bonds is 4. The van der Waals surface area contributed by atoms with Gasteiger partial charge < -0.3 is 11.1 Å². The van der Waals surface area contributed by atoms with Gasteiger partial charge in [0.1, 0.15) is 9.71 Å². The Morgan fingerprint density at radius 1 is 1.12 bits per heavy atom. The average molecular weight is 339 g/mol. The van der Waals surface area contributed by atoms with Crippen LogP contribution in [0.1, 0.15) is 53.7 Å². The number of thiophene rings is 1. The number of nitrogens with two attached hydrogens (primary N) is 1. The number of nitrogens with zero attached hydrogens (tertiary/aromatic N) is 1. The molecule has 0 fully saturated rings. The lowest BCUT2D eigenvalue weighted by atomic mass is 10.1. The van der Waals surface area contributed by atoms with Crippen molar-refractivity contribution >= 4 is 33.1 Å². The third-order valence-corrected chi connectivity index (χ3v) is 5.17. The highest BCUT2D eigenvalue weighted by Crippen LogP contribution is 2.33. The van der Waals surface area contributed by atoms with Crippen LogP contribution in [0.4, 0.5) is 5.69 Å². The van der Waals surface area contributed by atoms with Crippen molar-refractivity contribution in [3.05, 3.63) is 58.6 Å². The van der Waals surface area contributed by atoms with E-state index in [-0.39, 0.29) is 11.9 Å². The summed E-state index contributed by atoms with van der Waals surface area (Å²) in [7, 11) is 0. The van der Waals surface area contributed by atoms with Crippen molar-refractivity contribution in [2.45, 2.75) is 32.7 Å². The molecule has 0 aliphatic carbocycles. The minimum Gasteiger partial charge on any atom is -0.397 e. The van der Waals surface area contributed by atoms with Gasteiger partial charge in [0.05, 0.1) is 11.7 Å². The topological polar surface area (TPSA) is 68.0 Å². The van der Waals surface area contributed by atoms with E-state index >= 15 is 0 Å². The van der Waals surface area contributed by atoms with Crippen LogP contribution in [-0.2, 0) is 0 Å². The first-order valence-electron chi connectivity index (χ1n) is 8.02. The Hall–Kier alpha value is -2.40. The van der Waals surface area contributed by atoms with E-state index in [1.807, 2.05) is 49.4 Å². The molecule has 0 spiro atoms. The Labute approximate surface area is 145 Å². The van der Waals surface area contributed by atoms with Gasteiger partial charge in [-0.25, -0.2) is 4.98 Å². The largest absolute Gasteiger partial charge is 0.397 e. The minimum atomic E-state index is -0.155. The summed E-state index contributed by atoms with van der Waals surface area (Å²) in [6, 6.07) is 13.7. The summed E-state index contributed by atoms with van der Waals surface area (Å²) in [5.74, 6) is 0.186. The predicted octanol–water partition coefficient (Wildman–Crippen LogP) is 4.49. The Morgan fingerprint density at radius 3 is 2.50 bits per heavy atom. The second-order valence-corrected chi connectivity index (χ2v) is 7.19. The molecule has 0 aliphatic rings. The fourth-order valence-electron chi connectivity index (χ4n) is 2.59. The summed E-state index contributed by atoms with van der Waals surface area (Å²) in [5.41, 5.74) is 8.77. The van der Waals surface area contributed by atoms with Crippen molar-refractivity contribution in [2.75, 3.05) is 5.73 Å². The maximum Gasteiger partial charge on any atom is 0.264 e. The number of nitrogen functional groups attached to an aromatic ring is 1. The van der Waals surface area contributed by atoms with Gasteiger partial charge in [-0.2, -0.15) is 0 Å². The van der Waals surface area contributed by atoms with E-state index in [2.05, 4.69) is 24.1 Å². The molecule has 3 rings (SSSR count). The summed E-state index contributed by atoms with van der Waals surface area (Å²) >= 11 is 1.35. The number of carbonyl (C=O) groups is 1. The average Bonchev–Trinajstić information content (AvgIpc) is 2.92. The standard InChI is InChI=1S/C19H21N3OS/c1-11(2)15-10-9-14-16(20)17(24-19(14)22-15)18(23)21-12(3)13-7-5-4-6-8-13/h4-12H,20H2,1-3H3,(H,21,23)/t12-/m1/s1. The summed E-state index contributed by atoms with van der Waals surface area (Å²) in [6.45, 7) is 6.16. The molecular weight excluding hydrogens is 318 g/mol. The number of hydrogen-bond donors (Lipinski definition) is 2. The van der Waals surface area contributed by atoms with E-state index in [0.717, 1.165) is 21.5 Å². The highest BCUT2D eigenvalue weighted by Gasteiger charge is 2.19. The predicted molar refractivity (Wildman–Crippen MR) is 100 cm³/mol. The summed E-state index contributed by atoms with van der Waals surface area (Å²) in [6.07, 6.45) is 0. The lowest BCUT2D eigenvalue weighted by Crippen LogP contribution is -2.26. The second-order valence-electron chi connectivity index (χ2n) is 6.19. The fourth-order valence-corrected chi connectivity index (χ4v) is 3.59. The molecule has 24 heavy (non-hydrogen) atoms. The minimum absolute atomic E-state index is 0.0810. The molecule has 0 radical (unpaired) electrons. The molecule has 0 saturated carbocycles. The van der Waals surface area contributed by atoms with Gasteiger partial charge >= 0.3 is 0 Å². The lowest BCUT2D eigenvalue weighted by Gasteiger charge is -2.13. The van der Waals surface area contributed by atoms with Crippen molar-refractivity contribution in [2.24, 2.45) is 0 Å². The third kappa shape index (κ3) is 3.12. The van der Waals surface area contributed by atoms with E-state index in [0.29, 0.717) is 16.5 Å². The Kier molecular flexibility index (Phi) is 4.53. The Morgan fingerprint density at radius 2 is 1.83 bits per heavy atom. The second kappa shape index (κ2) is 6.61. The van der Waals surface area contributed by atoms with Crippen LogP contribution in [0.25, 0.3) is 10.2 Å². The van der Waals surface area contributed by atoms with Gasteiger partial charge in [-0.05, 0) is 30.5 Å². The van der Waals surface area contributed by atoms with Crippen LogP contribution in [-0.4, -0.2) is 10.9 Å². The summed E-state index contributed by atoms with van der Waals surface area (Å²) in [4.78, 5) is 18.6. The van der Waals surface area contributed by atoms with E-state index < -0.39 is 0 Å². The quantitative estimate of drug-likeness (QED) is 0.736. The van der Waals surface area contributed by atoms with Gasteiger partial charge in [0, 0.05) is 11.1 Å². The Balaban J connectivity index is 1.88. The van der Waals surface area contributed by atoms with Crippen LogP contribution in [0.3, 0.4) is 0 Å². The highest BCUT2D eigenvalue weighted by molar-refractivity contribution is 7.21. The van der Waals surface area contributed by atoms with Crippen LogP contribution in [0.15, 0.2) is 42.5 Å². The fraction of sp³-hybridized carbons (Fsp3) is 0.263. The van der Waals surface area contributed by atoms with Gasteiger partial charge in [0.2, 0.25) is 0 Å². The van der Waals surface area contributed by atoms with Crippen LogP contribution in [0.2, 0.25) is 0 Å². The molecule has 124 valence electrons. The molecule has 1 atom stereocenters. The molecule has 0 saturated heterocycles. The number of nitrogens with one attached hydrogen (secondary N) is 1. The molecule has 0 aliphatic heterocycles. The first kappa shape index (κ1) is 16.5. The van der Waals surface area contributed by atoms with Gasteiger partial charge in [-0.1, -0.05) is 44.2 Å². The van der Waals surface area contributed by atoms with E-state index in [1.165, 1.54) is 11.3 Å². The van der Waals surface area contributed by atoms with Gasteiger partial charge in [0.15, 0.2) is 0 Å². The zero-order chi connectivity index (χ0) is 17.3. The number of fused-ring (bicyclic) bond motifs is 1. The molecule has 3 N–H and O–H groups in total. The van der Waals surface area contributed by atoms with Crippen molar-refractivity contribution in [1.29, 1.82) is 0 Å². The number of anilines is 1. The first-order valence-corrected chi connectivity index (χ1v) is 8.83. The molecule has 1 amide bonds. The number of amides is 1. The van der Waals surface area contributed by atoms with E-state index in [1.54, 1.807) is 0 Å². The van der Waals surface area contributed by atoms with Crippen LogP contribution in [0, 0.1) is 0 Å². The van der Waals surface area contributed by atoms with Crippen molar-refractivity contribution < 1.29 is 4.79 Å². The zero-order valence-electron chi connectivity index (χ0n) is 14.0. The molecular formula is C19H21N3OS. The maximum absolute atomic E-state index is 12.6.